The lowest BCUT2D eigenvalue weighted by molar-refractivity contribution is -0.120. The molecule has 1 fully saturated rings. The molecule has 7 nitrogen and oxygen atoms in total. The van der Waals surface area contributed by atoms with Crippen LogP contribution in [0, 0.1) is 5.92 Å². The Kier molecular flexibility index (Phi) is 4.85. The fraction of sp³-hybridized carbons (Fsp3) is 0.217. The van der Waals surface area contributed by atoms with Gasteiger partial charge in [-0.15, -0.1) is 0 Å². The summed E-state index contributed by atoms with van der Waals surface area (Å²) in [5.41, 5.74) is 3.56. The van der Waals surface area contributed by atoms with Gasteiger partial charge in [0.05, 0.1) is 5.69 Å². The number of carbonyl (C=O) groups excluding carboxylic acids is 1. The molecule has 1 amide bonds. The zero-order chi connectivity index (χ0) is 20.3. The molecule has 4 aromatic rings. The number of pyridine rings is 1. The highest BCUT2D eigenvalue weighted by Gasteiger charge is 2.26. The molecule has 0 unspecified atom stereocenters. The van der Waals surface area contributed by atoms with Crippen molar-refractivity contribution in [1.29, 1.82) is 0 Å². The molecular weight excluding hydrogens is 376 g/mol. The standard InChI is InChI=1S/C23H22N6O/c30-22(17-8-13-28(14-9-17)23-24-10-4-11-25-23)26-19-6-3-5-18(15-19)20-16-29-12-2-1-7-21(29)27-20/h1-7,10-12,15-17H,8-9,13-14H2,(H,26,30). The van der Waals surface area contributed by atoms with E-state index in [1.54, 1.807) is 12.4 Å². The number of nitrogens with zero attached hydrogens (tertiary/aromatic N) is 5. The van der Waals surface area contributed by atoms with Crippen LogP contribution in [-0.4, -0.2) is 38.3 Å². The Morgan fingerprint density at radius 3 is 2.63 bits per heavy atom. The van der Waals surface area contributed by atoms with Crippen molar-refractivity contribution >= 4 is 23.2 Å². The van der Waals surface area contributed by atoms with E-state index in [1.165, 1.54) is 0 Å². The van der Waals surface area contributed by atoms with Crippen LogP contribution >= 0.6 is 0 Å². The summed E-state index contributed by atoms with van der Waals surface area (Å²) in [6.45, 7) is 1.56. The maximum atomic E-state index is 12.8. The number of benzene rings is 1. The fourth-order valence-corrected chi connectivity index (χ4v) is 3.87. The Hall–Kier alpha value is -3.74. The molecule has 7 heteroatoms. The predicted molar refractivity (Wildman–Crippen MR) is 116 cm³/mol. The van der Waals surface area contributed by atoms with Crippen LogP contribution in [0.4, 0.5) is 11.6 Å². The molecule has 0 aliphatic carbocycles. The Balaban J connectivity index is 1.25. The van der Waals surface area contributed by atoms with E-state index in [-0.39, 0.29) is 11.8 Å². The van der Waals surface area contributed by atoms with Gasteiger partial charge in [-0.2, -0.15) is 0 Å². The number of imidazole rings is 1. The summed E-state index contributed by atoms with van der Waals surface area (Å²) in [5, 5.41) is 3.09. The lowest BCUT2D eigenvalue weighted by Gasteiger charge is -2.31. The maximum Gasteiger partial charge on any atom is 0.227 e. The van der Waals surface area contributed by atoms with Crippen molar-refractivity contribution in [2.75, 3.05) is 23.3 Å². The quantitative estimate of drug-likeness (QED) is 0.568. The first-order valence-electron chi connectivity index (χ1n) is 10.1. The molecule has 1 aliphatic heterocycles. The van der Waals surface area contributed by atoms with Crippen LogP contribution in [0.3, 0.4) is 0 Å². The first-order chi connectivity index (χ1) is 14.8. The predicted octanol–water partition coefficient (Wildman–Crippen LogP) is 3.65. The molecule has 0 bridgehead atoms. The van der Waals surface area contributed by atoms with Gasteiger partial charge in [0.15, 0.2) is 0 Å². The third-order valence-corrected chi connectivity index (χ3v) is 5.49. The minimum atomic E-state index is -0.0104. The fourth-order valence-electron chi connectivity index (χ4n) is 3.87. The average molecular weight is 398 g/mol. The minimum absolute atomic E-state index is 0.0104. The monoisotopic (exact) mass is 398 g/mol. The average Bonchev–Trinajstić information content (AvgIpc) is 3.24. The number of amides is 1. The Morgan fingerprint density at radius 1 is 1.00 bits per heavy atom. The number of fused-ring (bicyclic) bond motifs is 1. The van der Waals surface area contributed by atoms with Gasteiger partial charge < -0.3 is 14.6 Å². The Bertz CT molecular complexity index is 1130. The van der Waals surface area contributed by atoms with E-state index in [9.17, 15) is 4.79 Å². The van der Waals surface area contributed by atoms with Crippen molar-refractivity contribution in [3.63, 3.8) is 0 Å². The van der Waals surface area contributed by atoms with Crippen LogP contribution in [0.1, 0.15) is 12.8 Å². The third-order valence-electron chi connectivity index (χ3n) is 5.49. The SMILES string of the molecule is O=C(Nc1cccc(-c2cn3ccccc3n2)c1)C1CCN(c2ncccn2)CC1. The van der Waals surface area contributed by atoms with E-state index >= 15 is 0 Å². The summed E-state index contributed by atoms with van der Waals surface area (Å²) < 4.78 is 1.99. The van der Waals surface area contributed by atoms with Gasteiger partial charge in [-0.25, -0.2) is 15.0 Å². The number of carbonyl (C=O) groups is 1. The van der Waals surface area contributed by atoms with Gasteiger partial charge in [0.25, 0.3) is 0 Å². The van der Waals surface area contributed by atoms with Gasteiger partial charge in [0.1, 0.15) is 5.65 Å². The van der Waals surface area contributed by atoms with Gasteiger partial charge in [0.2, 0.25) is 11.9 Å². The zero-order valence-electron chi connectivity index (χ0n) is 16.5. The van der Waals surface area contributed by atoms with Crippen molar-refractivity contribution in [1.82, 2.24) is 19.4 Å². The number of aromatic nitrogens is 4. The number of rotatable bonds is 4. The zero-order valence-corrected chi connectivity index (χ0v) is 16.5. The molecule has 0 saturated carbocycles. The summed E-state index contributed by atoms with van der Waals surface area (Å²) in [7, 11) is 0. The van der Waals surface area contributed by atoms with E-state index < -0.39 is 0 Å². The van der Waals surface area contributed by atoms with Crippen molar-refractivity contribution in [3.05, 3.63) is 73.3 Å². The molecule has 30 heavy (non-hydrogen) atoms. The molecule has 0 spiro atoms. The summed E-state index contributed by atoms with van der Waals surface area (Å²) in [4.78, 5) is 28.2. The lowest BCUT2D eigenvalue weighted by atomic mass is 9.96. The van der Waals surface area contributed by atoms with Crippen molar-refractivity contribution in [2.45, 2.75) is 12.8 Å². The van der Waals surface area contributed by atoms with Crippen molar-refractivity contribution < 1.29 is 4.79 Å². The van der Waals surface area contributed by atoms with E-state index in [0.717, 1.165) is 54.5 Å². The number of nitrogens with one attached hydrogen (secondary N) is 1. The highest BCUT2D eigenvalue weighted by molar-refractivity contribution is 5.93. The van der Waals surface area contributed by atoms with Crippen LogP contribution in [0.25, 0.3) is 16.9 Å². The second-order valence-electron chi connectivity index (χ2n) is 7.47. The molecule has 4 heterocycles. The molecular formula is C23H22N6O. The van der Waals surface area contributed by atoms with Gasteiger partial charge in [-0.05, 0) is 43.2 Å². The second kappa shape index (κ2) is 7.94. The first-order valence-corrected chi connectivity index (χ1v) is 10.1. The molecule has 150 valence electrons. The van der Waals surface area contributed by atoms with Crippen LogP contribution < -0.4 is 10.2 Å². The lowest BCUT2D eigenvalue weighted by Crippen LogP contribution is -2.39. The molecule has 3 aromatic heterocycles. The van der Waals surface area contributed by atoms with Crippen LogP contribution in [0.2, 0.25) is 0 Å². The summed E-state index contributed by atoms with van der Waals surface area (Å²) in [6.07, 6.45) is 9.04. The molecule has 1 saturated heterocycles. The van der Waals surface area contributed by atoms with Gasteiger partial charge in [0, 0.05) is 55.0 Å². The summed E-state index contributed by atoms with van der Waals surface area (Å²) >= 11 is 0. The largest absolute Gasteiger partial charge is 0.341 e. The molecule has 1 N–H and O–H groups in total. The number of piperidine rings is 1. The van der Waals surface area contributed by atoms with E-state index in [0.29, 0.717) is 0 Å². The molecule has 5 rings (SSSR count). The topological polar surface area (TPSA) is 75.4 Å². The van der Waals surface area contributed by atoms with E-state index in [1.807, 2.05) is 65.3 Å². The van der Waals surface area contributed by atoms with Crippen LogP contribution in [0.5, 0.6) is 0 Å². The molecule has 1 aromatic carbocycles. The van der Waals surface area contributed by atoms with E-state index in [4.69, 9.17) is 0 Å². The van der Waals surface area contributed by atoms with Gasteiger partial charge in [-0.3, -0.25) is 4.79 Å². The molecule has 1 aliphatic rings. The third kappa shape index (κ3) is 3.74. The Labute approximate surface area is 174 Å². The number of hydrogen-bond acceptors (Lipinski definition) is 5. The van der Waals surface area contributed by atoms with Gasteiger partial charge >= 0.3 is 0 Å². The maximum absolute atomic E-state index is 12.8. The highest BCUT2D eigenvalue weighted by atomic mass is 16.1. The Morgan fingerprint density at radius 2 is 1.83 bits per heavy atom. The normalized spacial score (nSPS) is 14.7. The smallest absolute Gasteiger partial charge is 0.227 e. The van der Waals surface area contributed by atoms with Crippen molar-refractivity contribution in [3.8, 4) is 11.3 Å². The van der Waals surface area contributed by atoms with Crippen molar-refractivity contribution in [2.24, 2.45) is 5.92 Å². The number of anilines is 2. The van der Waals surface area contributed by atoms with Crippen LogP contribution in [-0.2, 0) is 4.79 Å². The number of hydrogen-bond donors (Lipinski definition) is 1. The minimum Gasteiger partial charge on any atom is -0.341 e. The first kappa shape index (κ1) is 18.3. The molecule has 0 atom stereocenters. The summed E-state index contributed by atoms with van der Waals surface area (Å²) in [5.74, 6) is 0.788. The summed E-state index contributed by atoms with van der Waals surface area (Å²) in [6, 6.07) is 15.6. The van der Waals surface area contributed by atoms with Crippen LogP contribution in [0.15, 0.2) is 73.3 Å². The highest BCUT2D eigenvalue weighted by Crippen LogP contribution is 2.25. The molecule has 0 radical (unpaired) electrons. The van der Waals surface area contributed by atoms with Gasteiger partial charge in [-0.1, -0.05) is 18.2 Å². The van der Waals surface area contributed by atoms with E-state index in [2.05, 4.69) is 25.2 Å². The second-order valence-corrected chi connectivity index (χ2v) is 7.47.